The van der Waals surface area contributed by atoms with Crippen LogP contribution >= 0.6 is 11.6 Å². The smallest absolute Gasteiger partial charge is 0.368 e. The largest absolute Gasteiger partial charge is 0.417 e. The van der Waals surface area contributed by atoms with E-state index in [0.29, 0.717) is 18.2 Å². The van der Waals surface area contributed by atoms with Gasteiger partial charge in [-0.2, -0.15) is 13.2 Å². The lowest BCUT2D eigenvalue weighted by Crippen LogP contribution is -2.32. The summed E-state index contributed by atoms with van der Waals surface area (Å²) in [6.45, 7) is 0.568. The van der Waals surface area contributed by atoms with Gasteiger partial charge in [-0.1, -0.05) is 11.6 Å². The highest BCUT2D eigenvalue weighted by Gasteiger charge is 2.33. The molecule has 1 aromatic carbocycles. The van der Waals surface area contributed by atoms with Gasteiger partial charge in [0.15, 0.2) is 0 Å². The SMILES string of the molecule is O=C(NCCNc1cc(-n2cccc2)ncn1)Nc1ccc(Cl)c(C(F)(F)F)c1. The van der Waals surface area contributed by atoms with Crippen molar-refractivity contribution in [2.75, 3.05) is 23.7 Å². The van der Waals surface area contributed by atoms with E-state index >= 15 is 0 Å². The number of urea groups is 1. The summed E-state index contributed by atoms with van der Waals surface area (Å²) in [6.07, 6.45) is 0.501. The number of rotatable bonds is 6. The zero-order valence-corrected chi connectivity index (χ0v) is 15.6. The fourth-order valence-electron chi connectivity index (χ4n) is 2.43. The Morgan fingerprint density at radius 1 is 1.10 bits per heavy atom. The monoisotopic (exact) mass is 424 g/mol. The van der Waals surface area contributed by atoms with Crippen molar-refractivity contribution < 1.29 is 18.0 Å². The molecule has 0 unspecified atom stereocenters. The number of benzene rings is 1. The fraction of sp³-hybridized carbons (Fsp3) is 0.167. The predicted molar refractivity (Wildman–Crippen MR) is 103 cm³/mol. The summed E-state index contributed by atoms with van der Waals surface area (Å²) in [5.41, 5.74) is -1.03. The third-order valence-electron chi connectivity index (χ3n) is 3.77. The molecule has 2 aromatic heterocycles. The molecule has 0 bridgehead atoms. The van der Waals surface area contributed by atoms with Gasteiger partial charge in [0.2, 0.25) is 0 Å². The average molecular weight is 425 g/mol. The molecule has 0 radical (unpaired) electrons. The molecule has 0 fully saturated rings. The Labute approximate surface area is 168 Å². The molecule has 7 nitrogen and oxygen atoms in total. The highest BCUT2D eigenvalue weighted by Crippen LogP contribution is 2.36. The first-order chi connectivity index (χ1) is 13.8. The lowest BCUT2D eigenvalue weighted by Gasteiger charge is -2.12. The second-order valence-electron chi connectivity index (χ2n) is 5.85. The number of amides is 2. The predicted octanol–water partition coefficient (Wildman–Crippen LogP) is 4.17. The minimum atomic E-state index is -4.60. The Bertz CT molecular complexity index is 978. The molecule has 29 heavy (non-hydrogen) atoms. The van der Waals surface area contributed by atoms with Gasteiger partial charge in [-0.15, -0.1) is 0 Å². The van der Waals surface area contributed by atoms with Crippen LogP contribution in [0.1, 0.15) is 5.56 Å². The van der Waals surface area contributed by atoms with Gasteiger partial charge in [-0.3, -0.25) is 0 Å². The molecule has 0 atom stereocenters. The molecule has 3 N–H and O–H groups in total. The molecule has 0 saturated carbocycles. The van der Waals surface area contributed by atoms with Gasteiger partial charge < -0.3 is 20.5 Å². The summed E-state index contributed by atoms with van der Waals surface area (Å²) >= 11 is 5.55. The Morgan fingerprint density at radius 2 is 1.86 bits per heavy atom. The van der Waals surface area contributed by atoms with Gasteiger partial charge in [0.1, 0.15) is 18.0 Å². The summed E-state index contributed by atoms with van der Waals surface area (Å²) in [6, 6.07) is 8.00. The van der Waals surface area contributed by atoms with Crippen molar-refractivity contribution in [1.29, 1.82) is 0 Å². The maximum atomic E-state index is 12.9. The number of carbonyl (C=O) groups is 1. The van der Waals surface area contributed by atoms with E-state index in [4.69, 9.17) is 11.6 Å². The van der Waals surface area contributed by atoms with Crippen LogP contribution in [0, 0.1) is 0 Å². The lowest BCUT2D eigenvalue weighted by atomic mass is 10.2. The zero-order chi connectivity index (χ0) is 20.9. The first-order valence-electron chi connectivity index (χ1n) is 8.44. The molecule has 11 heteroatoms. The van der Waals surface area contributed by atoms with Gasteiger partial charge in [-0.25, -0.2) is 14.8 Å². The number of halogens is 4. The number of aromatic nitrogens is 3. The van der Waals surface area contributed by atoms with Crippen LogP contribution in [0.2, 0.25) is 5.02 Å². The van der Waals surface area contributed by atoms with Crippen molar-refractivity contribution in [1.82, 2.24) is 19.9 Å². The first-order valence-corrected chi connectivity index (χ1v) is 8.81. The Balaban J connectivity index is 1.48. The first kappa shape index (κ1) is 20.5. The molecule has 3 aromatic rings. The van der Waals surface area contributed by atoms with Gasteiger partial charge in [-0.05, 0) is 30.3 Å². The normalized spacial score (nSPS) is 11.2. The molecule has 0 aliphatic rings. The molecule has 152 valence electrons. The average Bonchev–Trinajstić information content (AvgIpc) is 3.21. The molecule has 0 saturated heterocycles. The second-order valence-corrected chi connectivity index (χ2v) is 6.26. The molecular weight excluding hydrogens is 409 g/mol. The standard InChI is InChI=1S/C18H16ClF3N6O/c19-14-4-3-12(9-13(14)18(20,21)22)27-17(29)24-6-5-23-15-10-16(26-11-25-15)28-7-1-2-8-28/h1-4,7-11H,5-6H2,(H,23,25,26)(H2,24,27,29). The molecule has 2 heterocycles. The van der Waals surface area contributed by atoms with E-state index in [2.05, 4.69) is 25.9 Å². The van der Waals surface area contributed by atoms with E-state index in [9.17, 15) is 18.0 Å². The maximum Gasteiger partial charge on any atom is 0.417 e. The topological polar surface area (TPSA) is 83.9 Å². The minimum Gasteiger partial charge on any atom is -0.368 e. The highest BCUT2D eigenvalue weighted by molar-refractivity contribution is 6.31. The fourth-order valence-corrected chi connectivity index (χ4v) is 2.66. The van der Waals surface area contributed by atoms with Crippen molar-refractivity contribution in [3.05, 3.63) is 65.7 Å². The number of carbonyl (C=O) groups excluding carboxylic acids is 1. The van der Waals surface area contributed by atoms with Crippen molar-refractivity contribution in [2.45, 2.75) is 6.18 Å². The van der Waals surface area contributed by atoms with Crippen molar-refractivity contribution in [2.24, 2.45) is 0 Å². The molecule has 3 rings (SSSR count). The minimum absolute atomic E-state index is 0.0145. The number of nitrogens with one attached hydrogen (secondary N) is 3. The summed E-state index contributed by atoms with van der Waals surface area (Å²) in [5.74, 6) is 1.25. The van der Waals surface area contributed by atoms with E-state index < -0.39 is 22.8 Å². The Kier molecular flexibility index (Phi) is 6.23. The Hall–Kier alpha value is -3.27. The van der Waals surface area contributed by atoms with E-state index in [-0.39, 0.29) is 12.2 Å². The van der Waals surface area contributed by atoms with Crippen molar-refractivity contribution in [3.63, 3.8) is 0 Å². The molecule has 0 aliphatic carbocycles. The van der Waals surface area contributed by atoms with E-state index in [1.54, 1.807) is 6.07 Å². The van der Waals surface area contributed by atoms with Crippen LogP contribution in [-0.2, 0) is 6.18 Å². The molecule has 0 aliphatic heterocycles. The van der Waals surface area contributed by atoms with Crippen LogP contribution in [0.15, 0.2) is 55.1 Å². The number of alkyl halides is 3. The summed E-state index contributed by atoms with van der Waals surface area (Å²) < 4.78 is 40.4. The van der Waals surface area contributed by atoms with Gasteiger partial charge >= 0.3 is 12.2 Å². The highest BCUT2D eigenvalue weighted by atomic mass is 35.5. The van der Waals surface area contributed by atoms with Crippen LogP contribution in [0.3, 0.4) is 0 Å². The number of hydrogen-bond acceptors (Lipinski definition) is 4. The van der Waals surface area contributed by atoms with Crippen molar-refractivity contribution in [3.8, 4) is 5.82 Å². The Morgan fingerprint density at radius 3 is 2.59 bits per heavy atom. The third-order valence-corrected chi connectivity index (χ3v) is 4.10. The summed E-state index contributed by atoms with van der Waals surface area (Å²) in [5, 5.41) is 7.48. The van der Waals surface area contributed by atoms with Crippen LogP contribution in [0.25, 0.3) is 5.82 Å². The molecule has 0 spiro atoms. The summed E-state index contributed by atoms with van der Waals surface area (Å²) in [4.78, 5) is 20.1. The number of hydrogen-bond donors (Lipinski definition) is 3. The van der Waals surface area contributed by atoms with Gasteiger partial charge in [0.25, 0.3) is 0 Å². The van der Waals surface area contributed by atoms with Crippen molar-refractivity contribution >= 4 is 29.1 Å². The van der Waals surface area contributed by atoms with Gasteiger partial charge in [0.05, 0.1) is 10.6 Å². The zero-order valence-electron chi connectivity index (χ0n) is 14.9. The lowest BCUT2D eigenvalue weighted by molar-refractivity contribution is -0.137. The maximum absolute atomic E-state index is 12.9. The van der Waals surface area contributed by atoms with Crippen LogP contribution in [0.5, 0.6) is 0 Å². The van der Waals surface area contributed by atoms with Crippen LogP contribution in [0.4, 0.5) is 29.5 Å². The van der Waals surface area contributed by atoms with Crippen LogP contribution in [-0.4, -0.2) is 33.7 Å². The molecule has 2 amide bonds. The number of anilines is 2. The van der Waals surface area contributed by atoms with E-state index in [1.165, 1.54) is 12.4 Å². The summed E-state index contributed by atoms with van der Waals surface area (Å²) in [7, 11) is 0. The third kappa shape index (κ3) is 5.61. The van der Waals surface area contributed by atoms with Crippen LogP contribution < -0.4 is 16.0 Å². The van der Waals surface area contributed by atoms with Gasteiger partial charge in [0, 0.05) is 37.2 Å². The number of nitrogens with zero attached hydrogens (tertiary/aromatic N) is 3. The van der Waals surface area contributed by atoms with E-state index in [0.717, 1.165) is 12.1 Å². The quantitative estimate of drug-likeness (QED) is 0.518. The molecular formula is C18H16ClF3N6O. The van der Waals surface area contributed by atoms with E-state index in [1.807, 2.05) is 29.1 Å². The second kappa shape index (κ2) is 8.82.